The molecule has 2 aromatic carbocycles. The number of phenolic OH excluding ortho intramolecular Hbond substituents is 2. The number of nitrogens with one attached hydrogen (secondary N) is 1. The van der Waals surface area contributed by atoms with Gasteiger partial charge in [-0.1, -0.05) is 30.3 Å². The summed E-state index contributed by atoms with van der Waals surface area (Å²) >= 11 is 0. The molecule has 0 unspecified atom stereocenters. The van der Waals surface area contributed by atoms with Gasteiger partial charge in [0, 0.05) is 19.3 Å². The number of quaternary nitrogens is 1. The maximum atomic E-state index is 12.7. The summed E-state index contributed by atoms with van der Waals surface area (Å²) in [5.41, 5.74) is 5.70. The van der Waals surface area contributed by atoms with Crippen LogP contribution in [0.4, 0.5) is 0 Å². The van der Waals surface area contributed by atoms with Gasteiger partial charge in [0.1, 0.15) is 6.04 Å². The van der Waals surface area contributed by atoms with Gasteiger partial charge in [-0.3, -0.25) is 4.79 Å². The Morgan fingerprint density at radius 2 is 1.69 bits per heavy atom. The van der Waals surface area contributed by atoms with Crippen LogP contribution in [0.25, 0.3) is 0 Å². The highest BCUT2D eigenvalue weighted by Gasteiger charge is 2.45. The van der Waals surface area contributed by atoms with E-state index in [1.807, 2.05) is 24.3 Å². The van der Waals surface area contributed by atoms with Crippen LogP contribution in [0.15, 0.2) is 42.5 Å². The lowest BCUT2D eigenvalue weighted by Gasteiger charge is -2.22. The zero-order chi connectivity index (χ0) is 18.9. The van der Waals surface area contributed by atoms with Crippen molar-refractivity contribution >= 4 is 11.9 Å². The molecule has 0 saturated carbocycles. The Hall–Kier alpha value is -3.06. The van der Waals surface area contributed by atoms with Crippen LogP contribution in [0, 0.1) is 0 Å². The summed E-state index contributed by atoms with van der Waals surface area (Å²) < 4.78 is 0. The molecule has 7 heteroatoms. The molecule has 3 rings (SSSR count). The molecule has 136 valence electrons. The number of fused-ring (bicyclic) bond motifs is 1. The highest BCUT2D eigenvalue weighted by atomic mass is 16.4. The van der Waals surface area contributed by atoms with Gasteiger partial charge in [0.15, 0.2) is 17.0 Å². The van der Waals surface area contributed by atoms with Crippen LogP contribution < -0.4 is 11.1 Å². The SMILES string of the molecule is [NH3+]C1(C(=O)N[C@@H](Cc2ccc(O)c(O)c2)C(=O)O)Cc2ccccc2C1. The Balaban J connectivity index is 1.73. The molecular formula is C19H21N2O5+. The molecule has 1 aliphatic rings. The van der Waals surface area contributed by atoms with Crippen molar-refractivity contribution in [2.24, 2.45) is 0 Å². The van der Waals surface area contributed by atoms with Crippen molar-refractivity contribution in [3.05, 3.63) is 59.2 Å². The average molecular weight is 357 g/mol. The summed E-state index contributed by atoms with van der Waals surface area (Å²) in [6.45, 7) is 0. The molecule has 1 aliphatic carbocycles. The lowest BCUT2D eigenvalue weighted by Crippen LogP contribution is -2.80. The third-order valence-corrected chi connectivity index (χ3v) is 4.74. The average Bonchev–Trinajstić information content (AvgIpc) is 2.94. The molecule has 0 saturated heterocycles. The first-order valence-corrected chi connectivity index (χ1v) is 8.25. The summed E-state index contributed by atoms with van der Waals surface area (Å²) in [5, 5.41) is 30.9. The molecule has 26 heavy (non-hydrogen) atoms. The maximum absolute atomic E-state index is 12.7. The number of carboxylic acids is 1. The van der Waals surface area contributed by atoms with Gasteiger partial charge >= 0.3 is 5.97 Å². The molecular weight excluding hydrogens is 336 g/mol. The Labute approximate surface area is 150 Å². The Bertz CT molecular complexity index is 840. The number of hydrogen-bond donors (Lipinski definition) is 5. The lowest BCUT2D eigenvalue weighted by atomic mass is 9.95. The topological polar surface area (TPSA) is 134 Å². The van der Waals surface area contributed by atoms with Gasteiger partial charge in [0.25, 0.3) is 5.91 Å². The van der Waals surface area contributed by atoms with Crippen molar-refractivity contribution < 1.29 is 30.6 Å². The molecule has 0 aromatic heterocycles. The molecule has 0 radical (unpaired) electrons. The zero-order valence-electron chi connectivity index (χ0n) is 14.1. The summed E-state index contributed by atoms with van der Waals surface area (Å²) in [6.07, 6.45) is 0.903. The highest BCUT2D eigenvalue weighted by molar-refractivity contribution is 5.90. The molecule has 1 amide bonds. The van der Waals surface area contributed by atoms with Crippen LogP contribution in [-0.4, -0.2) is 38.8 Å². The smallest absolute Gasteiger partial charge is 0.326 e. The quantitative estimate of drug-likeness (QED) is 0.480. The molecule has 7 N–H and O–H groups in total. The van der Waals surface area contributed by atoms with E-state index in [0.29, 0.717) is 18.4 Å². The number of carboxylic acid groups (broad SMARTS) is 1. The van der Waals surface area contributed by atoms with Crippen molar-refractivity contribution in [3.8, 4) is 11.5 Å². The fourth-order valence-electron chi connectivity index (χ4n) is 3.30. The lowest BCUT2D eigenvalue weighted by molar-refractivity contribution is -0.455. The zero-order valence-corrected chi connectivity index (χ0v) is 14.1. The molecule has 1 atom stereocenters. The number of carbonyl (C=O) groups is 2. The predicted molar refractivity (Wildman–Crippen MR) is 92.5 cm³/mol. The van der Waals surface area contributed by atoms with Crippen LogP contribution in [0.3, 0.4) is 0 Å². The number of amides is 1. The van der Waals surface area contributed by atoms with E-state index in [4.69, 9.17) is 0 Å². The van der Waals surface area contributed by atoms with Crippen LogP contribution in [-0.2, 0) is 28.9 Å². The summed E-state index contributed by atoms with van der Waals surface area (Å²) in [5.74, 6) is -2.21. The summed E-state index contributed by atoms with van der Waals surface area (Å²) in [7, 11) is 0. The van der Waals surface area contributed by atoms with E-state index in [9.17, 15) is 24.9 Å². The third-order valence-electron chi connectivity index (χ3n) is 4.74. The first kappa shape index (κ1) is 17.8. The van der Waals surface area contributed by atoms with Crippen molar-refractivity contribution in [2.75, 3.05) is 0 Å². The summed E-state index contributed by atoms with van der Waals surface area (Å²) in [4.78, 5) is 24.3. The number of carbonyl (C=O) groups excluding carboxylic acids is 1. The first-order chi connectivity index (χ1) is 12.3. The molecule has 0 heterocycles. The fraction of sp³-hybridized carbons (Fsp3) is 0.263. The van der Waals surface area contributed by atoms with E-state index in [1.54, 1.807) is 0 Å². The minimum Gasteiger partial charge on any atom is -0.504 e. The van der Waals surface area contributed by atoms with Crippen LogP contribution in [0.5, 0.6) is 11.5 Å². The molecule has 0 bridgehead atoms. The van der Waals surface area contributed by atoms with Gasteiger partial charge in [-0.25, -0.2) is 4.79 Å². The number of aromatic hydroxyl groups is 2. The summed E-state index contributed by atoms with van der Waals surface area (Å²) in [6, 6.07) is 10.6. The number of phenols is 2. The Morgan fingerprint density at radius 3 is 2.23 bits per heavy atom. The van der Waals surface area contributed by atoms with Crippen LogP contribution in [0.1, 0.15) is 16.7 Å². The number of benzene rings is 2. The monoisotopic (exact) mass is 357 g/mol. The predicted octanol–water partition coefficient (Wildman–Crippen LogP) is -0.0108. The van der Waals surface area contributed by atoms with E-state index in [-0.39, 0.29) is 17.9 Å². The van der Waals surface area contributed by atoms with E-state index >= 15 is 0 Å². The number of hydrogen-bond acceptors (Lipinski definition) is 4. The Morgan fingerprint density at radius 1 is 1.08 bits per heavy atom. The van der Waals surface area contributed by atoms with E-state index < -0.39 is 23.5 Å². The molecule has 0 fully saturated rings. The van der Waals surface area contributed by atoms with E-state index in [0.717, 1.165) is 11.1 Å². The van der Waals surface area contributed by atoms with Crippen molar-refractivity contribution in [3.63, 3.8) is 0 Å². The van der Waals surface area contributed by atoms with Gasteiger partial charge in [-0.05, 0) is 28.8 Å². The second-order valence-corrected chi connectivity index (χ2v) is 6.79. The fourth-order valence-corrected chi connectivity index (χ4v) is 3.30. The van der Waals surface area contributed by atoms with E-state index in [2.05, 4.69) is 11.1 Å². The van der Waals surface area contributed by atoms with Crippen molar-refractivity contribution in [1.82, 2.24) is 5.32 Å². The Kier molecular flexibility index (Phi) is 4.56. The first-order valence-electron chi connectivity index (χ1n) is 8.25. The highest BCUT2D eigenvalue weighted by Crippen LogP contribution is 2.28. The van der Waals surface area contributed by atoms with Gasteiger partial charge in [0.05, 0.1) is 0 Å². The van der Waals surface area contributed by atoms with Gasteiger partial charge in [-0.15, -0.1) is 0 Å². The number of aliphatic carboxylic acids is 1. The van der Waals surface area contributed by atoms with Gasteiger partial charge < -0.3 is 26.4 Å². The molecule has 2 aromatic rings. The van der Waals surface area contributed by atoms with Crippen LogP contribution in [0.2, 0.25) is 0 Å². The van der Waals surface area contributed by atoms with E-state index in [1.165, 1.54) is 18.2 Å². The molecule has 7 nitrogen and oxygen atoms in total. The minimum absolute atomic E-state index is 0.0159. The standard InChI is InChI=1S/C19H20N2O5/c20-19(9-12-3-1-2-4-13(12)10-19)18(26)21-14(17(24)25)7-11-5-6-15(22)16(23)8-11/h1-6,8,14,22-23H,7,9-10,20H2,(H,21,26)(H,24,25)/p+1/t14-/m0/s1. The second-order valence-electron chi connectivity index (χ2n) is 6.79. The van der Waals surface area contributed by atoms with Crippen molar-refractivity contribution in [1.29, 1.82) is 0 Å². The van der Waals surface area contributed by atoms with Crippen LogP contribution >= 0.6 is 0 Å². The van der Waals surface area contributed by atoms with Gasteiger partial charge in [0.2, 0.25) is 0 Å². The maximum Gasteiger partial charge on any atom is 0.326 e. The largest absolute Gasteiger partial charge is 0.504 e. The number of rotatable bonds is 5. The normalized spacial score (nSPS) is 15.9. The third kappa shape index (κ3) is 3.48. The molecule has 0 spiro atoms. The minimum atomic E-state index is -1.18. The van der Waals surface area contributed by atoms with Gasteiger partial charge in [-0.2, -0.15) is 0 Å². The van der Waals surface area contributed by atoms with Crippen molar-refractivity contribution in [2.45, 2.75) is 30.8 Å². The second kappa shape index (κ2) is 6.68. The molecule has 0 aliphatic heterocycles.